The van der Waals surface area contributed by atoms with E-state index in [0.29, 0.717) is 0 Å². The van der Waals surface area contributed by atoms with Gasteiger partial charge in [0.25, 0.3) is 5.91 Å². The fraction of sp³-hybridized carbons (Fsp3) is 0.235. The van der Waals surface area contributed by atoms with Crippen molar-refractivity contribution in [2.45, 2.75) is 31.1 Å². The highest BCUT2D eigenvalue weighted by molar-refractivity contribution is 7.89. The van der Waals surface area contributed by atoms with Crippen LogP contribution in [0.25, 0.3) is 0 Å². The van der Waals surface area contributed by atoms with E-state index in [-0.39, 0.29) is 10.5 Å². The van der Waals surface area contributed by atoms with Gasteiger partial charge in [0.05, 0.1) is 10.5 Å². The zero-order chi connectivity index (χ0) is 17.9. The van der Waals surface area contributed by atoms with Crippen LogP contribution < -0.4 is 10.9 Å². The number of hydrogen-bond acceptors (Lipinski definition) is 3. The summed E-state index contributed by atoms with van der Waals surface area (Å²) in [4.78, 5) is 10.7. The molecule has 0 saturated carbocycles. The smallest absolute Gasteiger partial charge is 0.251 e. The maximum Gasteiger partial charge on any atom is 0.251 e. The molecule has 0 bridgehead atoms. The van der Waals surface area contributed by atoms with Crippen LogP contribution in [0, 0.1) is 12.7 Å². The molecule has 0 aliphatic heterocycles. The van der Waals surface area contributed by atoms with Gasteiger partial charge in [-0.25, -0.2) is 17.9 Å². The van der Waals surface area contributed by atoms with E-state index >= 15 is 0 Å². The van der Waals surface area contributed by atoms with E-state index in [9.17, 15) is 17.6 Å². The summed E-state index contributed by atoms with van der Waals surface area (Å²) in [5.74, 6) is -1.29. The molecular formula is C17H19FN2O3S. The molecule has 3 rings (SSSR count). The Morgan fingerprint density at radius 3 is 2.33 bits per heavy atom. The first-order valence-electron chi connectivity index (χ1n) is 7.39. The van der Waals surface area contributed by atoms with Gasteiger partial charge in [0.1, 0.15) is 5.82 Å². The second-order valence-corrected chi connectivity index (χ2v) is 7.24. The van der Waals surface area contributed by atoms with Crippen LogP contribution >= 0.6 is 0 Å². The Balaban J connectivity index is 0.000000177. The van der Waals surface area contributed by atoms with Crippen molar-refractivity contribution in [3.63, 3.8) is 0 Å². The van der Waals surface area contributed by atoms with E-state index in [1.807, 2.05) is 6.07 Å². The second-order valence-electron chi connectivity index (χ2n) is 5.68. The molecule has 1 aliphatic rings. The van der Waals surface area contributed by atoms with Crippen LogP contribution in [0.1, 0.15) is 33.5 Å². The first-order chi connectivity index (χ1) is 11.2. The standard InChI is InChI=1S/C9H11NO2S.C8H8FNO/c10-13(11,12)9-5-4-7-2-1-3-8(7)6-9;1-5-2-3-6(8(10)11)7(9)4-5/h4-6H,1-3H2,(H2,10,11,12);2-4H,1H3,(H2,10,11). The lowest BCUT2D eigenvalue weighted by atomic mass is 10.1. The van der Waals surface area contributed by atoms with Crippen LogP contribution in [0.3, 0.4) is 0 Å². The van der Waals surface area contributed by atoms with E-state index in [4.69, 9.17) is 10.9 Å². The number of hydrogen-bond donors (Lipinski definition) is 2. The Morgan fingerprint density at radius 2 is 1.75 bits per heavy atom. The molecule has 4 N–H and O–H groups in total. The average molecular weight is 350 g/mol. The van der Waals surface area contributed by atoms with Gasteiger partial charge in [-0.2, -0.15) is 0 Å². The highest BCUT2D eigenvalue weighted by Gasteiger charge is 2.14. The van der Waals surface area contributed by atoms with Gasteiger partial charge in [-0.1, -0.05) is 12.1 Å². The number of nitrogens with two attached hydrogens (primary N) is 2. The molecule has 24 heavy (non-hydrogen) atoms. The van der Waals surface area contributed by atoms with Gasteiger partial charge in [0, 0.05) is 0 Å². The predicted molar refractivity (Wildman–Crippen MR) is 89.5 cm³/mol. The number of carbonyl (C=O) groups is 1. The van der Waals surface area contributed by atoms with E-state index in [0.717, 1.165) is 30.4 Å². The maximum atomic E-state index is 12.8. The van der Waals surface area contributed by atoms with Crippen LogP contribution in [0.2, 0.25) is 0 Å². The second kappa shape index (κ2) is 7.11. The SMILES string of the molecule is Cc1ccc(C(N)=O)c(F)c1.NS(=O)(=O)c1ccc2c(c1)CCC2. The fourth-order valence-corrected chi connectivity index (χ4v) is 3.11. The molecule has 1 amide bonds. The van der Waals surface area contributed by atoms with Crippen molar-refractivity contribution in [3.05, 3.63) is 64.5 Å². The average Bonchev–Trinajstić information content (AvgIpc) is 2.93. The lowest BCUT2D eigenvalue weighted by Crippen LogP contribution is -2.12. The number of benzene rings is 2. The molecule has 7 heteroatoms. The summed E-state index contributed by atoms with van der Waals surface area (Å²) in [6.45, 7) is 1.74. The van der Waals surface area contributed by atoms with Gasteiger partial charge in [-0.05, 0) is 67.1 Å². The third-order valence-corrected chi connectivity index (χ3v) is 4.70. The molecule has 1 aliphatic carbocycles. The van der Waals surface area contributed by atoms with Crippen LogP contribution in [-0.4, -0.2) is 14.3 Å². The highest BCUT2D eigenvalue weighted by Crippen LogP contribution is 2.23. The largest absolute Gasteiger partial charge is 0.366 e. The van der Waals surface area contributed by atoms with Crippen molar-refractivity contribution in [1.82, 2.24) is 0 Å². The summed E-state index contributed by atoms with van der Waals surface area (Å²) in [6, 6.07) is 9.44. The number of sulfonamides is 1. The van der Waals surface area contributed by atoms with Crippen LogP contribution in [0.4, 0.5) is 4.39 Å². The Bertz CT molecular complexity index is 879. The molecular weight excluding hydrogens is 331 g/mol. The molecule has 128 valence electrons. The Hall–Kier alpha value is -2.25. The normalized spacial score (nSPS) is 13.0. The number of primary sulfonamides is 1. The molecule has 0 aromatic heterocycles. The maximum absolute atomic E-state index is 12.8. The summed E-state index contributed by atoms with van der Waals surface area (Å²) in [7, 11) is -3.52. The van der Waals surface area contributed by atoms with Gasteiger partial charge < -0.3 is 5.73 Å². The summed E-state index contributed by atoms with van der Waals surface area (Å²) in [6.07, 6.45) is 3.14. The summed E-state index contributed by atoms with van der Waals surface area (Å²) in [5, 5.41) is 5.02. The molecule has 0 spiro atoms. The molecule has 0 heterocycles. The third kappa shape index (κ3) is 4.39. The quantitative estimate of drug-likeness (QED) is 0.866. The first kappa shape index (κ1) is 18.1. The van der Waals surface area contributed by atoms with Gasteiger partial charge in [-0.3, -0.25) is 4.79 Å². The number of amides is 1. The molecule has 0 saturated heterocycles. The van der Waals surface area contributed by atoms with Crippen molar-refractivity contribution >= 4 is 15.9 Å². The van der Waals surface area contributed by atoms with Crippen molar-refractivity contribution in [1.29, 1.82) is 0 Å². The third-order valence-electron chi connectivity index (χ3n) is 3.79. The van der Waals surface area contributed by atoms with E-state index in [1.165, 1.54) is 17.7 Å². The summed E-state index contributed by atoms with van der Waals surface area (Å²) >= 11 is 0. The molecule has 0 fully saturated rings. The zero-order valence-corrected chi connectivity index (χ0v) is 14.1. The van der Waals surface area contributed by atoms with E-state index in [1.54, 1.807) is 25.1 Å². The summed E-state index contributed by atoms with van der Waals surface area (Å²) < 4.78 is 34.8. The summed E-state index contributed by atoms with van der Waals surface area (Å²) in [5.41, 5.74) is 7.98. The lowest BCUT2D eigenvalue weighted by molar-refractivity contribution is 0.0996. The van der Waals surface area contributed by atoms with Crippen molar-refractivity contribution in [3.8, 4) is 0 Å². The molecule has 2 aromatic carbocycles. The van der Waals surface area contributed by atoms with Crippen molar-refractivity contribution in [2.24, 2.45) is 10.9 Å². The van der Waals surface area contributed by atoms with Crippen molar-refractivity contribution in [2.75, 3.05) is 0 Å². The number of rotatable bonds is 2. The number of aryl methyl sites for hydroxylation is 3. The molecule has 2 aromatic rings. The van der Waals surface area contributed by atoms with Crippen LogP contribution in [0.15, 0.2) is 41.3 Å². The minimum atomic E-state index is -3.52. The Morgan fingerprint density at radius 1 is 1.08 bits per heavy atom. The number of halogens is 1. The first-order valence-corrected chi connectivity index (χ1v) is 8.93. The molecule has 0 radical (unpaired) electrons. The Labute approximate surface area is 140 Å². The topological polar surface area (TPSA) is 103 Å². The van der Waals surface area contributed by atoms with E-state index < -0.39 is 21.7 Å². The Kier molecular flexibility index (Phi) is 5.36. The van der Waals surface area contributed by atoms with Crippen LogP contribution in [0.5, 0.6) is 0 Å². The fourth-order valence-electron chi connectivity index (χ4n) is 2.55. The minimum absolute atomic E-state index is 0.0596. The molecule has 0 atom stereocenters. The monoisotopic (exact) mass is 350 g/mol. The highest BCUT2D eigenvalue weighted by atomic mass is 32.2. The van der Waals surface area contributed by atoms with Gasteiger partial charge in [0.15, 0.2) is 0 Å². The molecule has 5 nitrogen and oxygen atoms in total. The van der Waals surface area contributed by atoms with Crippen molar-refractivity contribution < 1.29 is 17.6 Å². The van der Waals surface area contributed by atoms with Gasteiger partial charge >= 0.3 is 0 Å². The van der Waals surface area contributed by atoms with Gasteiger partial charge in [-0.15, -0.1) is 0 Å². The lowest BCUT2D eigenvalue weighted by Gasteiger charge is -2.01. The van der Waals surface area contributed by atoms with E-state index in [2.05, 4.69) is 0 Å². The van der Waals surface area contributed by atoms with Gasteiger partial charge in [0.2, 0.25) is 10.0 Å². The molecule has 0 unspecified atom stereocenters. The number of primary amides is 1. The zero-order valence-electron chi connectivity index (χ0n) is 13.3. The van der Waals surface area contributed by atoms with Crippen LogP contribution in [-0.2, 0) is 22.9 Å². The number of fused-ring (bicyclic) bond motifs is 1. The minimum Gasteiger partial charge on any atom is -0.366 e. The number of carbonyl (C=O) groups excluding carboxylic acids is 1. The predicted octanol–water partition coefficient (Wildman–Crippen LogP) is 2.06.